The fourth-order valence-electron chi connectivity index (χ4n) is 1.55. The molecule has 4 N–H and O–H groups in total. The van der Waals surface area contributed by atoms with Gasteiger partial charge < -0.3 is 21.0 Å². The molecule has 0 aliphatic rings. The topological polar surface area (TPSA) is 96.9 Å². The predicted octanol–water partition coefficient (Wildman–Crippen LogP) is 0.518. The molecular weight excluding hydrogens is 278 g/mol. The lowest BCUT2D eigenvalue weighted by Crippen LogP contribution is -2.23. The Kier molecular flexibility index (Phi) is 7.67. The van der Waals surface area contributed by atoms with Crippen LogP contribution in [0.15, 0.2) is 29.4 Å². The summed E-state index contributed by atoms with van der Waals surface area (Å²) in [5, 5.41) is 14.7. The number of benzene rings is 1. The lowest BCUT2D eigenvalue weighted by molar-refractivity contribution is 0.314. The van der Waals surface area contributed by atoms with E-state index in [1.54, 1.807) is 30.5 Å². The Bertz CT molecular complexity index is 449. The summed E-state index contributed by atoms with van der Waals surface area (Å²) in [5.41, 5.74) is 6.11. The van der Waals surface area contributed by atoms with Crippen LogP contribution in [0.5, 0.6) is 5.75 Å². The minimum atomic E-state index is -0.719. The molecule has 20 heavy (non-hydrogen) atoms. The van der Waals surface area contributed by atoms with Gasteiger partial charge in [0.05, 0.1) is 0 Å². The van der Waals surface area contributed by atoms with Gasteiger partial charge in [-0.05, 0) is 37.2 Å². The van der Waals surface area contributed by atoms with Crippen LogP contribution in [-0.4, -0.2) is 47.0 Å². The van der Waals surface area contributed by atoms with E-state index in [1.807, 2.05) is 0 Å². The number of oxime groups is 1. The molecule has 0 heterocycles. The average Bonchev–Trinajstić information content (AvgIpc) is 2.45. The molecule has 1 rings (SSSR count). The molecule has 0 aromatic heterocycles. The number of amidine groups is 1. The van der Waals surface area contributed by atoms with E-state index in [0.29, 0.717) is 12.2 Å². The molecular formula is C13H21N3O3S. The van der Waals surface area contributed by atoms with Gasteiger partial charge in [0.1, 0.15) is 12.4 Å². The zero-order chi connectivity index (χ0) is 14.8. The van der Waals surface area contributed by atoms with Gasteiger partial charge >= 0.3 is 0 Å². The standard InChI is InChI=1S/C13H21N3O3S/c1-20(18)10-2-7-15-8-9-19-12-5-3-11(4-6-12)13(14)16-17/h3-6,15,17H,2,7-10H2,1H3,(H2,14,16). The van der Waals surface area contributed by atoms with Crippen molar-refractivity contribution in [2.45, 2.75) is 6.42 Å². The lowest BCUT2D eigenvalue weighted by atomic mass is 10.2. The fourth-order valence-corrected chi connectivity index (χ4v) is 2.10. The third-order valence-corrected chi connectivity index (χ3v) is 3.45. The number of nitrogens with zero attached hydrogens (tertiary/aromatic N) is 1. The van der Waals surface area contributed by atoms with Crippen LogP contribution in [0.25, 0.3) is 0 Å². The second-order valence-electron chi connectivity index (χ2n) is 4.24. The highest BCUT2D eigenvalue weighted by Crippen LogP contribution is 2.11. The van der Waals surface area contributed by atoms with Crippen molar-refractivity contribution in [3.8, 4) is 5.75 Å². The molecule has 7 heteroatoms. The van der Waals surface area contributed by atoms with Crippen molar-refractivity contribution in [3.63, 3.8) is 0 Å². The maximum Gasteiger partial charge on any atom is 0.170 e. The van der Waals surface area contributed by atoms with E-state index in [2.05, 4.69) is 10.5 Å². The van der Waals surface area contributed by atoms with Crippen molar-refractivity contribution in [2.24, 2.45) is 10.9 Å². The van der Waals surface area contributed by atoms with Crippen molar-refractivity contribution < 1.29 is 14.2 Å². The molecule has 1 unspecified atom stereocenters. The van der Waals surface area contributed by atoms with Gasteiger partial charge in [-0.2, -0.15) is 0 Å². The summed E-state index contributed by atoms with van der Waals surface area (Å²) in [6.45, 7) is 2.13. The van der Waals surface area contributed by atoms with Crippen molar-refractivity contribution in [2.75, 3.05) is 31.7 Å². The first kappa shape index (κ1) is 16.5. The Labute approximate surface area is 121 Å². The zero-order valence-corrected chi connectivity index (χ0v) is 12.4. The Morgan fingerprint density at radius 1 is 1.40 bits per heavy atom. The Hall–Kier alpha value is -1.60. The summed E-state index contributed by atoms with van der Waals surface area (Å²) in [5.74, 6) is 1.53. The zero-order valence-electron chi connectivity index (χ0n) is 11.5. The summed E-state index contributed by atoms with van der Waals surface area (Å²) in [6.07, 6.45) is 2.61. The van der Waals surface area contributed by atoms with Gasteiger partial charge in [0.2, 0.25) is 0 Å². The number of ether oxygens (including phenoxy) is 1. The Balaban J connectivity index is 2.18. The van der Waals surface area contributed by atoms with E-state index in [0.717, 1.165) is 31.0 Å². The average molecular weight is 299 g/mol. The highest BCUT2D eigenvalue weighted by molar-refractivity contribution is 7.84. The van der Waals surface area contributed by atoms with Gasteiger partial charge in [0, 0.05) is 34.9 Å². The van der Waals surface area contributed by atoms with Gasteiger partial charge in [-0.25, -0.2) is 0 Å². The molecule has 1 aromatic rings. The van der Waals surface area contributed by atoms with Crippen LogP contribution >= 0.6 is 0 Å². The van der Waals surface area contributed by atoms with Gasteiger partial charge in [0.25, 0.3) is 0 Å². The van der Waals surface area contributed by atoms with Crippen LogP contribution in [0.1, 0.15) is 12.0 Å². The van der Waals surface area contributed by atoms with Gasteiger partial charge in [-0.1, -0.05) is 5.16 Å². The molecule has 0 amide bonds. The molecule has 0 aliphatic carbocycles. The number of hydrogen-bond donors (Lipinski definition) is 3. The van der Waals surface area contributed by atoms with E-state index in [9.17, 15) is 4.21 Å². The quantitative estimate of drug-likeness (QED) is 0.203. The second kappa shape index (κ2) is 9.33. The van der Waals surface area contributed by atoms with Crippen molar-refractivity contribution in [3.05, 3.63) is 29.8 Å². The third kappa shape index (κ3) is 6.53. The molecule has 1 atom stereocenters. The van der Waals surface area contributed by atoms with E-state index < -0.39 is 10.8 Å². The van der Waals surface area contributed by atoms with Crippen LogP contribution in [0.4, 0.5) is 0 Å². The molecule has 0 bridgehead atoms. The highest BCUT2D eigenvalue weighted by atomic mass is 32.2. The molecule has 0 saturated heterocycles. The number of nitrogens with two attached hydrogens (primary N) is 1. The molecule has 0 radical (unpaired) electrons. The van der Waals surface area contributed by atoms with Crippen molar-refractivity contribution >= 4 is 16.6 Å². The fraction of sp³-hybridized carbons (Fsp3) is 0.462. The predicted molar refractivity (Wildman–Crippen MR) is 80.9 cm³/mol. The lowest BCUT2D eigenvalue weighted by Gasteiger charge is -2.08. The number of hydrogen-bond acceptors (Lipinski definition) is 5. The maximum absolute atomic E-state index is 10.8. The normalized spacial score (nSPS) is 13.2. The summed E-state index contributed by atoms with van der Waals surface area (Å²) in [4.78, 5) is 0. The van der Waals surface area contributed by atoms with Crippen LogP contribution in [0.2, 0.25) is 0 Å². The molecule has 112 valence electrons. The monoisotopic (exact) mass is 299 g/mol. The number of rotatable bonds is 9. The molecule has 0 fully saturated rings. The highest BCUT2D eigenvalue weighted by Gasteiger charge is 1.99. The maximum atomic E-state index is 10.8. The van der Waals surface area contributed by atoms with Gasteiger partial charge in [-0.3, -0.25) is 4.21 Å². The summed E-state index contributed by atoms with van der Waals surface area (Å²) >= 11 is 0. The summed E-state index contributed by atoms with van der Waals surface area (Å²) < 4.78 is 16.4. The van der Waals surface area contributed by atoms with Gasteiger partial charge in [-0.15, -0.1) is 0 Å². The number of nitrogens with one attached hydrogen (secondary N) is 1. The van der Waals surface area contributed by atoms with Crippen LogP contribution < -0.4 is 15.8 Å². The minimum Gasteiger partial charge on any atom is -0.492 e. The van der Waals surface area contributed by atoms with Crippen LogP contribution in [-0.2, 0) is 10.8 Å². The molecule has 6 nitrogen and oxygen atoms in total. The molecule has 1 aromatic carbocycles. The Morgan fingerprint density at radius 2 is 2.10 bits per heavy atom. The summed E-state index contributed by atoms with van der Waals surface area (Å²) in [7, 11) is -0.719. The van der Waals surface area contributed by atoms with E-state index in [1.165, 1.54) is 0 Å². The Morgan fingerprint density at radius 3 is 2.70 bits per heavy atom. The summed E-state index contributed by atoms with van der Waals surface area (Å²) in [6, 6.07) is 7.00. The van der Waals surface area contributed by atoms with Crippen molar-refractivity contribution in [1.29, 1.82) is 0 Å². The molecule has 0 saturated carbocycles. The largest absolute Gasteiger partial charge is 0.492 e. The molecule has 0 aliphatic heterocycles. The first-order valence-electron chi connectivity index (χ1n) is 6.35. The van der Waals surface area contributed by atoms with Crippen molar-refractivity contribution in [1.82, 2.24) is 5.32 Å². The molecule has 0 spiro atoms. The second-order valence-corrected chi connectivity index (χ2v) is 5.79. The third-order valence-electron chi connectivity index (χ3n) is 2.59. The van der Waals surface area contributed by atoms with E-state index in [-0.39, 0.29) is 5.84 Å². The van der Waals surface area contributed by atoms with Crippen LogP contribution in [0, 0.1) is 0 Å². The van der Waals surface area contributed by atoms with Crippen LogP contribution in [0.3, 0.4) is 0 Å². The first-order valence-corrected chi connectivity index (χ1v) is 8.07. The first-order chi connectivity index (χ1) is 9.63. The SMILES string of the molecule is CS(=O)CCCNCCOc1ccc(/C(N)=N/O)cc1. The smallest absolute Gasteiger partial charge is 0.170 e. The van der Waals surface area contributed by atoms with E-state index in [4.69, 9.17) is 15.7 Å². The van der Waals surface area contributed by atoms with Gasteiger partial charge in [0.15, 0.2) is 5.84 Å². The van der Waals surface area contributed by atoms with E-state index >= 15 is 0 Å². The minimum absolute atomic E-state index is 0.0755.